The third-order valence-corrected chi connectivity index (χ3v) is 4.06. The maximum absolute atomic E-state index is 9.26. The quantitative estimate of drug-likeness (QED) is 0.915. The molecule has 0 amide bonds. The van der Waals surface area contributed by atoms with Crippen molar-refractivity contribution in [2.24, 2.45) is 5.92 Å². The van der Waals surface area contributed by atoms with Crippen molar-refractivity contribution in [3.8, 4) is 6.07 Å². The summed E-state index contributed by atoms with van der Waals surface area (Å²) in [6, 6.07) is 4.84. The first kappa shape index (κ1) is 14.8. The van der Waals surface area contributed by atoms with E-state index in [9.17, 15) is 5.26 Å². The molecule has 0 saturated carbocycles. The highest BCUT2D eigenvalue weighted by Gasteiger charge is 2.24. The fraction of sp³-hybridized carbons (Fsp3) is 0.625. The number of nitriles is 1. The zero-order valence-corrected chi connectivity index (χ0v) is 12.9. The van der Waals surface area contributed by atoms with Gasteiger partial charge in [0.15, 0.2) is 0 Å². The molecular weight excluding hydrogens is 248 g/mol. The van der Waals surface area contributed by atoms with Gasteiger partial charge in [0.2, 0.25) is 0 Å². The predicted molar refractivity (Wildman–Crippen MR) is 81.7 cm³/mol. The van der Waals surface area contributed by atoms with Crippen LogP contribution in [0.4, 0.5) is 5.82 Å². The Morgan fingerprint density at radius 1 is 1.50 bits per heavy atom. The van der Waals surface area contributed by atoms with E-state index in [0.717, 1.165) is 30.2 Å². The molecule has 0 spiro atoms. The van der Waals surface area contributed by atoms with Crippen molar-refractivity contribution in [3.63, 3.8) is 0 Å². The van der Waals surface area contributed by atoms with Gasteiger partial charge in [-0.3, -0.25) is 0 Å². The van der Waals surface area contributed by atoms with Crippen LogP contribution < -0.4 is 5.32 Å². The molecule has 0 bridgehead atoms. The summed E-state index contributed by atoms with van der Waals surface area (Å²) < 4.78 is 0. The molecule has 1 unspecified atom stereocenters. The van der Waals surface area contributed by atoms with Crippen molar-refractivity contribution in [1.29, 1.82) is 5.26 Å². The van der Waals surface area contributed by atoms with Crippen LogP contribution in [0.3, 0.4) is 0 Å². The normalized spacial score (nSPS) is 19.3. The second kappa shape index (κ2) is 6.23. The third-order valence-electron chi connectivity index (χ3n) is 4.06. The second-order valence-corrected chi connectivity index (χ2v) is 6.04. The standard InChI is InChI=1S/C16H24N4/c1-11(2)20-6-5-14(10-20)9-18-16-15(8-17)12(3)7-13(4)19-16/h7,11,14H,5-6,9-10H2,1-4H3,(H,18,19). The minimum Gasteiger partial charge on any atom is -0.369 e. The first-order chi connectivity index (χ1) is 9.51. The Kier molecular flexibility index (Phi) is 4.61. The Hall–Kier alpha value is -1.60. The Morgan fingerprint density at radius 3 is 2.85 bits per heavy atom. The first-order valence-corrected chi connectivity index (χ1v) is 7.37. The van der Waals surface area contributed by atoms with E-state index in [2.05, 4.69) is 35.1 Å². The number of nitrogens with one attached hydrogen (secondary N) is 1. The van der Waals surface area contributed by atoms with E-state index in [1.54, 1.807) is 0 Å². The number of rotatable bonds is 4. The minimum atomic E-state index is 0.619. The SMILES string of the molecule is Cc1cc(C)c(C#N)c(NCC2CCN(C(C)C)C2)n1. The van der Waals surface area contributed by atoms with Crippen LogP contribution in [0, 0.1) is 31.1 Å². The summed E-state index contributed by atoms with van der Waals surface area (Å²) in [6.07, 6.45) is 1.22. The molecule has 1 aliphatic heterocycles. The third kappa shape index (κ3) is 3.29. The van der Waals surface area contributed by atoms with Gasteiger partial charge in [-0.05, 0) is 58.2 Å². The van der Waals surface area contributed by atoms with E-state index in [1.807, 2.05) is 19.9 Å². The molecule has 1 aliphatic rings. The lowest BCUT2D eigenvalue weighted by atomic mass is 10.1. The molecule has 1 saturated heterocycles. The van der Waals surface area contributed by atoms with Gasteiger partial charge in [-0.15, -0.1) is 0 Å². The lowest BCUT2D eigenvalue weighted by Crippen LogP contribution is -2.29. The highest BCUT2D eigenvalue weighted by atomic mass is 15.2. The average molecular weight is 272 g/mol. The molecule has 0 radical (unpaired) electrons. The Bertz CT molecular complexity index is 516. The van der Waals surface area contributed by atoms with Crippen LogP contribution in [0.2, 0.25) is 0 Å². The summed E-state index contributed by atoms with van der Waals surface area (Å²) in [5, 5.41) is 12.6. The molecule has 20 heavy (non-hydrogen) atoms. The monoisotopic (exact) mass is 272 g/mol. The second-order valence-electron chi connectivity index (χ2n) is 6.04. The summed E-state index contributed by atoms with van der Waals surface area (Å²) in [7, 11) is 0. The average Bonchev–Trinajstić information content (AvgIpc) is 2.84. The minimum absolute atomic E-state index is 0.619. The molecular formula is C16H24N4. The summed E-state index contributed by atoms with van der Waals surface area (Å²) in [5.74, 6) is 1.39. The van der Waals surface area contributed by atoms with Gasteiger partial charge in [0, 0.05) is 24.8 Å². The van der Waals surface area contributed by atoms with Crippen molar-refractivity contribution >= 4 is 5.82 Å². The summed E-state index contributed by atoms with van der Waals surface area (Å²) >= 11 is 0. The Labute approximate surface area is 121 Å². The molecule has 1 aromatic rings. The molecule has 4 heteroatoms. The molecule has 1 N–H and O–H groups in total. The van der Waals surface area contributed by atoms with E-state index in [4.69, 9.17) is 0 Å². The van der Waals surface area contributed by atoms with Crippen molar-refractivity contribution in [1.82, 2.24) is 9.88 Å². The number of nitrogens with zero attached hydrogens (tertiary/aromatic N) is 3. The number of hydrogen-bond donors (Lipinski definition) is 1. The summed E-state index contributed by atoms with van der Waals surface area (Å²) in [5.41, 5.74) is 2.63. The number of aryl methyl sites for hydroxylation is 2. The highest BCUT2D eigenvalue weighted by Crippen LogP contribution is 2.21. The van der Waals surface area contributed by atoms with Crippen LogP contribution in [-0.2, 0) is 0 Å². The molecule has 2 rings (SSSR count). The number of likely N-dealkylation sites (tertiary alicyclic amines) is 1. The molecule has 1 atom stereocenters. The molecule has 1 fully saturated rings. The first-order valence-electron chi connectivity index (χ1n) is 7.37. The van der Waals surface area contributed by atoms with Crippen molar-refractivity contribution in [3.05, 3.63) is 22.9 Å². The van der Waals surface area contributed by atoms with E-state index >= 15 is 0 Å². The van der Waals surface area contributed by atoms with Crippen molar-refractivity contribution in [2.75, 3.05) is 25.0 Å². The van der Waals surface area contributed by atoms with Crippen LogP contribution >= 0.6 is 0 Å². The van der Waals surface area contributed by atoms with Gasteiger partial charge in [-0.25, -0.2) is 4.98 Å². The van der Waals surface area contributed by atoms with Crippen molar-refractivity contribution in [2.45, 2.75) is 40.2 Å². The lowest BCUT2D eigenvalue weighted by molar-refractivity contribution is 0.266. The smallest absolute Gasteiger partial charge is 0.144 e. The molecule has 0 aliphatic carbocycles. The number of pyridine rings is 1. The fourth-order valence-electron chi connectivity index (χ4n) is 2.85. The van der Waals surface area contributed by atoms with Crippen LogP contribution in [-0.4, -0.2) is 35.6 Å². The van der Waals surface area contributed by atoms with Gasteiger partial charge in [-0.2, -0.15) is 5.26 Å². The Morgan fingerprint density at radius 2 is 2.25 bits per heavy atom. The zero-order valence-electron chi connectivity index (χ0n) is 12.9. The molecule has 4 nitrogen and oxygen atoms in total. The number of aromatic nitrogens is 1. The maximum atomic E-state index is 9.26. The number of anilines is 1. The molecule has 108 valence electrons. The van der Waals surface area contributed by atoms with E-state index < -0.39 is 0 Å². The van der Waals surface area contributed by atoms with Crippen LogP contribution in [0.5, 0.6) is 0 Å². The van der Waals surface area contributed by atoms with Gasteiger partial charge in [0.1, 0.15) is 11.9 Å². The lowest BCUT2D eigenvalue weighted by Gasteiger charge is -2.20. The van der Waals surface area contributed by atoms with Gasteiger partial charge in [0.25, 0.3) is 0 Å². The van der Waals surface area contributed by atoms with Crippen molar-refractivity contribution < 1.29 is 0 Å². The van der Waals surface area contributed by atoms with E-state index in [-0.39, 0.29) is 0 Å². The topological polar surface area (TPSA) is 52.0 Å². The van der Waals surface area contributed by atoms with Crippen LogP contribution in [0.1, 0.15) is 37.1 Å². The predicted octanol–water partition coefficient (Wildman–Crippen LogP) is 2.71. The molecule has 2 heterocycles. The molecule has 1 aromatic heterocycles. The summed E-state index contributed by atoms with van der Waals surface area (Å²) in [4.78, 5) is 6.98. The van der Waals surface area contributed by atoms with Gasteiger partial charge >= 0.3 is 0 Å². The van der Waals surface area contributed by atoms with Gasteiger partial charge < -0.3 is 10.2 Å². The maximum Gasteiger partial charge on any atom is 0.144 e. The van der Waals surface area contributed by atoms with E-state index in [0.29, 0.717) is 17.5 Å². The Balaban J connectivity index is 2.00. The van der Waals surface area contributed by atoms with Gasteiger partial charge in [-0.1, -0.05) is 0 Å². The number of hydrogen-bond acceptors (Lipinski definition) is 4. The fourth-order valence-corrected chi connectivity index (χ4v) is 2.85. The van der Waals surface area contributed by atoms with E-state index in [1.165, 1.54) is 13.0 Å². The van der Waals surface area contributed by atoms with Gasteiger partial charge in [0.05, 0.1) is 5.56 Å². The molecule has 0 aromatic carbocycles. The summed E-state index contributed by atoms with van der Waals surface area (Å²) in [6.45, 7) is 11.6. The van der Waals surface area contributed by atoms with Crippen LogP contribution in [0.25, 0.3) is 0 Å². The zero-order chi connectivity index (χ0) is 14.7. The van der Waals surface area contributed by atoms with Crippen LogP contribution in [0.15, 0.2) is 6.07 Å². The largest absolute Gasteiger partial charge is 0.369 e. The highest BCUT2D eigenvalue weighted by molar-refractivity contribution is 5.56.